The third-order valence-corrected chi connectivity index (χ3v) is 3.15. The van der Waals surface area contributed by atoms with Gasteiger partial charge in [-0.25, -0.2) is 0 Å². The van der Waals surface area contributed by atoms with Crippen LogP contribution in [0.4, 0.5) is 0 Å². The molecule has 1 heterocycles. The van der Waals surface area contributed by atoms with Crippen LogP contribution in [0.5, 0.6) is 0 Å². The topological polar surface area (TPSA) is 70.7 Å². The molecule has 0 aliphatic heterocycles. The first-order valence-electron chi connectivity index (χ1n) is 6.62. The van der Waals surface area contributed by atoms with Gasteiger partial charge in [-0.15, -0.1) is 0 Å². The van der Waals surface area contributed by atoms with Crippen molar-refractivity contribution >= 4 is 5.91 Å². The normalized spacial score (nSPS) is 10.3. The van der Waals surface area contributed by atoms with Gasteiger partial charge in [-0.05, 0) is 17.2 Å². The molecule has 0 saturated heterocycles. The monoisotopic (exact) mass is 278 g/mol. The van der Waals surface area contributed by atoms with Crippen LogP contribution in [0.2, 0.25) is 0 Å². The molecule has 0 aliphatic carbocycles. The maximum Gasteiger partial charge on any atom is 0.252 e. The fourth-order valence-corrected chi connectivity index (χ4v) is 2.13. The van der Waals surface area contributed by atoms with Crippen molar-refractivity contribution in [3.63, 3.8) is 0 Å². The van der Waals surface area contributed by atoms with Crippen molar-refractivity contribution < 1.29 is 4.79 Å². The van der Waals surface area contributed by atoms with Gasteiger partial charge in [0.25, 0.3) is 5.91 Å². The fourth-order valence-electron chi connectivity index (χ4n) is 2.13. The van der Waals surface area contributed by atoms with Gasteiger partial charge in [0.05, 0.1) is 12.7 Å². The summed E-state index contributed by atoms with van der Waals surface area (Å²) in [5, 5.41) is 13.0. The summed E-state index contributed by atoms with van der Waals surface area (Å²) in [4.78, 5) is 12.4. The first-order valence-corrected chi connectivity index (χ1v) is 6.62. The van der Waals surface area contributed by atoms with E-state index in [1.165, 1.54) is 0 Å². The number of aromatic amines is 1. The van der Waals surface area contributed by atoms with Crippen molar-refractivity contribution in [2.45, 2.75) is 6.54 Å². The number of carbonyl (C=O) groups excluding carboxylic acids is 1. The van der Waals surface area contributed by atoms with E-state index in [2.05, 4.69) is 20.7 Å². The highest BCUT2D eigenvalue weighted by Gasteiger charge is 2.12. The van der Waals surface area contributed by atoms with Gasteiger partial charge >= 0.3 is 0 Å². The van der Waals surface area contributed by atoms with E-state index < -0.39 is 0 Å². The zero-order valence-electron chi connectivity index (χ0n) is 11.3. The van der Waals surface area contributed by atoms with Gasteiger partial charge in [0.2, 0.25) is 0 Å². The summed E-state index contributed by atoms with van der Waals surface area (Å²) < 4.78 is 0. The predicted octanol–water partition coefficient (Wildman–Crippen LogP) is 2.40. The zero-order chi connectivity index (χ0) is 14.5. The van der Waals surface area contributed by atoms with Gasteiger partial charge in [-0.2, -0.15) is 15.4 Å². The Morgan fingerprint density at radius 3 is 2.57 bits per heavy atom. The highest BCUT2D eigenvalue weighted by molar-refractivity contribution is 6.00. The van der Waals surface area contributed by atoms with Crippen LogP contribution in [0.25, 0.3) is 11.1 Å². The number of benzene rings is 2. The van der Waals surface area contributed by atoms with E-state index in [1.54, 1.807) is 6.20 Å². The maximum atomic E-state index is 12.4. The van der Waals surface area contributed by atoms with Crippen molar-refractivity contribution in [1.82, 2.24) is 20.7 Å². The fraction of sp³-hybridized carbons (Fsp3) is 0.0625. The molecule has 3 rings (SSSR count). The standard InChI is InChI=1S/C16H14N4O/c21-16(17-10-13-11-18-20-19-13)15-9-5-4-8-14(15)12-6-2-1-3-7-12/h1-9,11H,10H2,(H,17,21)(H,18,19,20). The average Bonchev–Trinajstić information content (AvgIpc) is 3.07. The Hall–Kier alpha value is -2.95. The largest absolute Gasteiger partial charge is 0.346 e. The number of H-pyrrole nitrogens is 1. The molecule has 0 saturated carbocycles. The summed E-state index contributed by atoms with van der Waals surface area (Å²) in [6.07, 6.45) is 1.59. The molecule has 1 aromatic heterocycles. The zero-order valence-corrected chi connectivity index (χ0v) is 11.3. The number of rotatable bonds is 4. The molecule has 3 aromatic rings. The smallest absolute Gasteiger partial charge is 0.252 e. The molecule has 5 heteroatoms. The van der Waals surface area contributed by atoms with Crippen LogP contribution in [0.15, 0.2) is 60.8 Å². The molecule has 0 atom stereocenters. The van der Waals surface area contributed by atoms with E-state index in [0.29, 0.717) is 17.8 Å². The van der Waals surface area contributed by atoms with Crippen LogP contribution in [-0.4, -0.2) is 21.3 Å². The Morgan fingerprint density at radius 1 is 1.05 bits per heavy atom. The van der Waals surface area contributed by atoms with Crippen molar-refractivity contribution in [1.29, 1.82) is 0 Å². The lowest BCUT2D eigenvalue weighted by Gasteiger charge is -2.09. The second kappa shape index (κ2) is 6.00. The Balaban J connectivity index is 1.83. The number of hydrogen-bond acceptors (Lipinski definition) is 3. The van der Waals surface area contributed by atoms with Gasteiger partial charge in [0.1, 0.15) is 5.69 Å². The maximum absolute atomic E-state index is 12.4. The first kappa shape index (κ1) is 13.1. The Labute approximate surface area is 122 Å². The lowest BCUT2D eigenvalue weighted by Crippen LogP contribution is -2.23. The number of hydrogen-bond donors (Lipinski definition) is 2. The van der Waals surface area contributed by atoms with Gasteiger partial charge in [0, 0.05) is 5.56 Å². The molecule has 0 radical (unpaired) electrons. The van der Waals surface area contributed by atoms with E-state index in [0.717, 1.165) is 11.1 Å². The summed E-state index contributed by atoms with van der Waals surface area (Å²) in [6.45, 7) is 0.346. The first-order chi connectivity index (χ1) is 10.3. The minimum absolute atomic E-state index is 0.127. The molecule has 5 nitrogen and oxygen atoms in total. The SMILES string of the molecule is O=C(NCc1cn[nH]n1)c1ccccc1-c1ccccc1. The molecule has 0 aliphatic rings. The third-order valence-electron chi connectivity index (χ3n) is 3.15. The second-order valence-corrected chi connectivity index (χ2v) is 4.56. The number of carbonyl (C=O) groups is 1. The second-order valence-electron chi connectivity index (χ2n) is 4.56. The van der Waals surface area contributed by atoms with Crippen LogP contribution < -0.4 is 5.32 Å². The average molecular weight is 278 g/mol. The van der Waals surface area contributed by atoms with E-state index in [-0.39, 0.29) is 5.91 Å². The molecule has 0 unspecified atom stereocenters. The van der Waals surface area contributed by atoms with E-state index in [1.807, 2.05) is 54.6 Å². The Morgan fingerprint density at radius 2 is 1.81 bits per heavy atom. The summed E-state index contributed by atoms with van der Waals surface area (Å²) >= 11 is 0. The van der Waals surface area contributed by atoms with E-state index in [9.17, 15) is 4.79 Å². The molecule has 1 amide bonds. The van der Waals surface area contributed by atoms with Crippen LogP contribution in [0.1, 0.15) is 16.1 Å². The van der Waals surface area contributed by atoms with Crippen molar-refractivity contribution in [3.8, 4) is 11.1 Å². The molecule has 2 aromatic carbocycles. The summed E-state index contributed by atoms with van der Waals surface area (Å²) in [7, 11) is 0. The Kier molecular flexibility index (Phi) is 3.73. The molecule has 104 valence electrons. The molecule has 21 heavy (non-hydrogen) atoms. The quantitative estimate of drug-likeness (QED) is 0.770. The molecule has 0 fully saturated rings. The predicted molar refractivity (Wildman–Crippen MR) is 79.4 cm³/mol. The summed E-state index contributed by atoms with van der Waals surface area (Å²) in [6, 6.07) is 17.4. The highest BCUT2D eigenvalue weighted by Crippen LogP contribution is 2.23. The van der Waals surface area contributed by atoms with Crippen molar-refractivity contribution in [2.24, 2.45) is 0 Å². The number of amides is 1. The van der Waals surface area contributed by atoms with Gasteiger partial charge in [-0.3, -0.25) is 4.79 Å². The molecule has 2 N–H and O–H groups in total. The lowest BCUT2D eigenvalue weighted by molar-refractivity contribution is 0.0951. The van der Waals surface area contributed by atoms with Crippen LogP contribution in [0.3, 0.4) is 0 Å². The highest BCUT2D eigenvalue weighted by atomic mass is 16.1. The lowest BCUT2D eigenvalue weighted by atomic mass is 9.99. The van der Waals surface area contributed by atoms with Gasteiger partial charge in [-0.1, -0.05) is 48.5 Å². The Bertz CT molecular complexity index is 723. The summed E-state index contributed by atoms with van der Waals surface area (Å²) in [5.74, 6) is -0.127. The third kappa shape index (κ3) is 2.97. The van der Waals surface area contributed by atoms with E-state index in [4.69, 9.17) is 0 Å². The molecular formula is C16H14N4O. The van der Waals surface area contributed by atoms with E-state index >= 15 is 0 Å². The summed E-state index contributed by atoms with van der Waals surface area (Å²) in [5.41, 5.74) is 3.27. The number of nitrogens with one attached hydrogen (secondary N) is 2. The van der Waals surface area contributed by atoms with Crippen LogP contribution in [0, 0.1) is 0 Å². The minimum Gasteiger partial charge on any atom is -0.346 e. The molecular weight excluding hydrogens is 264 g/mol. The number of nitrogens with zero attached hydrogens (tertiary/aromatic N) is 2. The van der Waals surface area contributed by atoms with Crippen molar-refractivity contribution in [3.05, 3.63) is 72.1 Å². The molecule has 0 bridgehead atoms. The minimum atomic E-state index is -0.127. The number of aromatic nitrogens is 3. The van der Waals surface area contributed by atoms with Crippen LogP contribution in [-0.2, 0) is 6.54 Å². The van der Waals surface area contributed by atoms with Crippen LogP contribution >= 0.6 is 0 Å². The van der Waals surface area contributed by atoms with Gasteiger partial charge in [0.15, 0.2) is 0 Å². The molecule has 0 spiro atoms. The van der Waals surface area contributed by atoms with Gasteiger partial charge < -0.3 is 5.32 Å². The van der Waals surface area contributed by atoms with Crippen molar-refractivity contribution in [2.75, 3.05) is 0 Å².